The smallest absolute Gasteiger partial charge is 0.0706 e. The maximum absolute atomic E-state index is 10.5. The van der Waals surface area contributed by atoms with Gasteiger partial charge in [-0.05, 0) is 43.4 Å². The van der Waals surface area contributed by atoms with Gasteiger partial charge in [-0.1, -0.05) is 31.9 Å². The van der Waals surface area contributed by atoms with Crippen LogP contribution in [0.5, 0.6) is 0 Å². The molecule has 0 amide bonds. The number of hydrogen-bond acceptors (Lipinski definition) is 6. The molecular formula is C21H38Br2N2O4. The van der Waals surface area contributed by atoms with Crippen molar-refractivity contribution in [2.45, 2.75) is 47.5 Å². The van der Waals surface area contributed by atoms with E-state index in [-0.39, 0.29) is 42.1 Å². The van der Waals surface area contributed by atoms with Crippen LogP contribution in [-0.4, -0.2) is 107 Å². The summed E-state index contributed by atoms with van der Waals surface area (Å²) in [7, 11) is 1.72. The van der Waals surface area contributed by atoms with E-state index < -0.39 is 0 Å². The number of methoxy groups -OCH3 is 1. The number of nitrogens with zero attached hydrogens (tertiary/aromatic N) is 2. The highest BCUT2D eigenvalue weighted by Gasteiger charge is 2.39. The predicted octanol–water partition coefficient (Wildman–Crippen LogP) is 1.54. The lowest BCUT2D eigenvalue weighted by Gasteiger charge is -2.44. The van der Waals surface area contributed by atoms with Crippen molar-refractivity contribution < 1.29 is 20.1 Å². The molecular weight excluding hydrogens is 504 g/mol. The van der Waals surface area contributed by atoms with E-state index in [0.717, 1.165) is 65.0 Å². The molecule has 0 aromatic carbocycles. The first-order chi connectivity index (χ1) is 13.9. The molecule has 1 heterocycles. The molecule has 2 aliphatic carbocycles. The second-order valence-corrected chi connectivity index (χ2v) is 11.8. The van der Waals surface area contributed by atoms with E-state index in [0.29, 0.717) is 16.7 Å². The van der Waals surface area contributed by atoms with Crippen LogP contribution in [0.3, 0.4) is 0 Å². The van der Waals surface area contributed by atoms with E-state index in [1.165, 1.54) is 0 Å². The highest BCUT2D eigenvalue weighted by Crippen LogP contribution is 2.36. The lowest BCUT2D eigenvalue weighted by Crippen LogP contribution is -2.52. The van der Waals surface area contributed by atoms with Crippen molar-refractivity contribution in [3.63, 3.8) is 0 Å². The Balaban J connectivity index is 1.45. The van der Waals surface area contributed by atoms with Crippen molar-refractivity contribution in [3.8, 4) is 0 Å². The van der Waals surface area contributed by atoms with Crippen LogP contribution in [-0.2, 0) is 4.74 Å². The molecule has 1 aliphatic heterocycles. The Morgan fingerprint density at radius 1 is 0.862 bits per heavy atom. The molecule has 8 heteroatoms. The Kier molecular flexibility index (Phi) is 9.70. The first-order valence-electron chi connectivity index (χ1n) is 11.1. The van der Waals surface area contributed by atoms with Crippen LogP contribution in [0.25, 0.3) is 0 Å². The Morgan fingerprint density at radius 3 is 2.10 bits per heavy atom. The van der Waals surface area contributed by atoms with E-state index in [4.69, 9.17) is 4.74 Å². The average Bonchev–Trinajstić information content (AvgIpc) is 2.72. The van der Waals surface area contributed by atoms with Crippen molar-refractivity contribution in [1.82, 2.24) is 9.80 Å². The second kappa shape index (κ2) is 11.5. The van der Waals surface area contributed by atoms with Gasteiger partial charge in [-0.15, -0.1) is 0 Å². The fourth-order valence-electron chi connectivity index (χ4n) is 5.68. The van der Waals surface area contributed by atoms with Gasteiger partial charge in [0, 0.05) is 75.2 Å². The van der Waals surface area contributed by atoms with Crippen LogP contribution >= 0.6 is 31.9 Å². The number of hydrogen-bond donors (Lipinski definition) is 3. The third kappa shape index (κ3) is 6.37. The lowest BCUT2D eigenvalue weighted by molar-refractivity contribution is -0.0647. The second-order valence-electron chi connectivity index (χ2n) is 9.34. The molecule has 0 aromatic rings. The maximum Gasteiger partial charge on any atom is 0.0706 e. The standard InChI is InChI=1S/C21H38Br2N2O4/c1-29-20-7-14(6-16(12-26)18(20)13-27)10-24-2-4-25(5-3-24)11-15-8-17(22)9-19(23)21(15)28/h14-21,26-28H,2-13H2,1H3. The van der Waals surface area contributed by atoms with Crippen LogP contribution in [0.4, 0.5) is 0 Å². The first-order valence-corrected chi connectivity index (χ1v) is 12.9. The van der Waals surface area contributed by atoms with Crippen molar-refractivity contribution in [2.75, 3.05) is 59.6 Å². The highest BCUT2D eigenvalue weighted by atomic mass is 79.9. The monoisotopic (exact) mass is 540 g/mol. The van der Waals surface area contributed by atoms with Gasteiger partial charge in [0.2, 0.25) is 0 Å². The van der Waals surface area contributed by atoms with E-state index in [1.54, 1.807) is 7.11 Å². The van der Waals surface area contributed by atoms with Crippen molar-refractivity contribution >= 4 is 31.9 Å². The maximum atomic E-state index is 10.5. The zero-order chi connectivity index (χ0) is 21.0. The van der Waals surface area contributed by atoms with Crippen LogP contribution in [0.2, 0.25) is 0 Å². The molecule has 3 fully saturated rings. The number of alkyl halides is 2. The zero-order valence-corrected chi connectivity index (χ0v) is 20.7. The average molecular weight is 542 g/mol. The number of halogens is 2. The van der Waals surface area contributed by atoms with Gasteiger partial charge in [-0.3, -0.25) is 0 Å². The topological polar surface area (TPSA) is 76.4 Å². The molecule has 6 nitrogen and oxygen atoms in total. The number of rotatable bonds is 7. The van der Waals surface area contributed by atoms with Crippen molar-refractivity contribution in [2.24, 2.45) is 23.7 Å². The van der Waals surface area contributed by atoms with Crippen LogP contribution in [0.1, 0.15) is 25.7 Å². The van der Waals surface area contributed by atoms with Gasteiger partial charge in [0.05, 0.1) is 12.2 Å². The molecule has 0 spiro atoms. The number of aliphatic hydroxyl groups is 3. The summed E-state index contributed by atoms with van der Waals surface area (Å²) in [5, 5.41) is 30.0. The number of aliphatic hydroxyl groups excluding tert-OH is 3. The van der Waals surface area contributed by atoms with Gasteiger partial charge in [0.15, 0.2) is 0 Å². The van der Waals surface area contributed by atoms with Gasteiger partial charge in [0.25, 0.3) is 0 Å². The van der Waals surface area contributed by atoms with Crippen LogP contribution in [0, 0.1) is 23.7 Å². The minimum absolute atomic E-state index is 0.0411. The summed E-state index contributed by atoms with van der Waals surface area (Å²) in [5.41, 5.74) is 0. The fourth-order valence-corrected chi connectivity index (χ4v) is 7.95. The molecule has 3 N–H and O–H groups in total. The number of piperazine rings is 1. The van der Waals surface area contributed by atoms with E-state index in [1.807, 2.05) is 0 Å². The zero-order valence-electron chi connectivity index (χ0n) is 17.5. The largest absolute Gasteiger partial charge is 0.396 e. The molecule has 1 saturated heterocycles. The van der Waals surface area contributed by atoms with E-state index >= 15 is 0 Å². The Morgan fingerprint density at radius 2 is 1.52 bits per heavy atom. The molecule has 3 rings (SSSR count). The molecule has 0 bridgehead atoms. The highest BCUT2D eigenvalue weighted by molar-refractivity contribution is 9.10. The van der Waals surface area contributed by atoms with Gasteiger partial charge in [0.1, 0.15) is 0 Å². The van der Waals surface area contributed by atoms with Crippen LogP contribution in [0.15, 0.2) is 0 Å². The Bertz CT molecular complexity index is 481. The molecule has 3 aliphatic rings. The summed E-state index contributed by atoms with van der Waals surface area (Å²) in [6.45, 7) is 6.44. The molecule has 8 unspecified atom stereocenters. The third-order valence-corrected chi connectivity index (χ3v) is 9.06. The van der Waals surface area contributed by atoms with Crippen molar-refractivity contribution in [1.29, 1.82) is 0 Å². The Labute approximate surface area is 192 Å². The van der Waals surface area contributed by atoms with E-state index in [9.17, 15) is 15.3 Å². The quantitative estimate of drug-likeness (QED) is 0.424. The first kappa shape index (κ1) is 24.4. The summed E-state index contributed by atoms with van der Waals surface area (Å²) in [5.74, 6) is 1.02. The SMILES string of the molecule is COC1CC(CN2CCN(CC3CC(Br)CC(Br)C3O)CC2)CC(CO)C1CO. The summed E-state index contributed by atoms with van der Waals surface area (Å²) in [6, 6.07) is 0. The van der Waals surface area contributed by atoms with Crippen LogP contribution < -0.4 is 0 Å². The minimum atomic E-state index is -0.259. The summed E-state index contributed by atoms with van der Waals surface area (Å²) >= 11 is 7.39. The fraction of sp³-hybridized carbons (Fsp3) is 1.00. The number of ether oxygens (including phenoxy) is 1. The summed E-state index contributed by atoms with van der Waals surface area (Å²) in [6.07, 6.45) is 3.74. The normalized spacial score (nSPS) is 42.8. The minimum Gasteiger partial charge on any atom is -0.396 e. The van der Waals surface area contributed by atoms with Gasteiger partial charge >= 0.3 is 0 Å². The van der Waals surface area contributed by atoms with Gasteiger partial charge < -0.3 is 29.9 Å². The molecule has 0 aromatic heterocycles. The van der Waals surface area contributed by atoms with Crippen molar-refractivity contribution in [3.05, 3.63) is 0 Å². The summed E-state index contributed by atoms with van der Waals surface area (Å²) in [4.78, 5) is 5.73. The lowest BCUT2D eigenvalue weighted by atomic mass is 9.72. The Hall–Kier alpha value is 0.720. The van der Waals surface area contributed by atoms with Gasteiger partial charge in [-0.25, -0.2) is 0 Å². The summed E-state index contributed by atoms with van der Waals surface area (Å²) < 4.78 is 5.65. The van der Waals surface area contributed by atoms with E-state index in [2.05, 4.69) is 41.7 Å². The predicted molar refractivity (Wildman–Crippen MR) is 122 cm³/mol. The molecule has 29 heavy (non-hydrogen) atoms. The molecule has 0 radical (unpaired) electrons. The molecule has 170 valence electrons. The van der Waals surface area contributed by atoms with Gasteiger partial charge in [-0.2, -0.15) is 0 Å². The molecule has 2 saturated carbocycles. The third-order valence-electron chi connectivity index (χ3n) is 7.40. The molecule has 8 atom stereocenters.